The van der Waals surface area contributed by atoms with Gasteiger partial charge in [0, 0.05) is 49.5 Å². The van der Waals surface area contributed by atoms with E-state index in [-0.39, 0.29) is 5.91 Å². The first-order valence-electron chi connectivity index (χ1n) is 9.06. The summed E-state index contributed by atoms with van der Waals surface area (Å²) in [6.45, 7) is 4.95. The Balaban J connectivity index is 1.54. The highest BCUT2D eigenvalue weighted by molar-refractivity contribution is 5.94. The second-order valence-electron chi connectivity index (χ2n) is 6.67. The highest BCUT2D eigenvalue weighted by atomic mass is 16.5. The molecule has 0 spiro atoms. The average molecular weight is 362 g/mol. The summed E-state index contributed by atoms with van der Waals surface area (Å²) in [6, 6.07) is 11.6. The standard InChI is InChI=1S/C21H22N4O2/c1-15-14-19(23-20-17(15)4-3-5-18(20)27-2)24-10-12-25(13-11-24)21(26)16-6-8-22-9-7-16/h3-9,14H,10-13H2,1-2H3. The van der Waals surface area contributed by atoms with Crippen LogP contribution in [0, 0.1) is 6.92 Å². The quantitative estimate of drug-likeness (QED) is 0.717. The minimum Gasteiger partial charge on any atom is -0.494 e. The summed E-state index contributed by atoms with van der Waals surface area (Å²) in [7, 11) is 1.67. The minimum absolute atomic E-state index is 0.0568. The van der Waals surface area contributed by atoms with E-state index in [1.807, 2.05) is 17.0 Å². The fraction of sp³-hybridized carbons (Fsp3) is 0.286. The third-order valence-electron chi connectivity index (χ3n) is 5.03. The van der Waals surface area contributed by atoms with E-state index in [4.69, 9.17) is 9.72 Å². The number of para-hydroxylation sites is 1. The summed E-state index contributed by atoms with van der Waals surface area (Å²) < 4.78 is 5.48. The third-order valence-corrected chi connectivity index (χ3v) is 5.03. The molecular formula is C21H22N4O2. The van der Waals surface area contributed by atoms with Crippen LogP contribution in [0.2, 0.25) is 0 Å². The molecule has 1 aliphatic heterocycles. The van der Waals surface area contributed by atoms with E-state index in [2.05, 4.69) is 28.9 Å². The smallest absolute Gasteiger partial charge is 0.254 e. The van der Waals surface area contributed by atoms with Crippen molar-refractivity contribution in [1.29, 1.82) is 0 Å². The number of piperazine rings is 1. The summed E-state index contributed by atoms with van der Waals surface area (Å²) >= 11 is 0. The molecule has 2 aromatic heterocycles. The van der Waals surface area contributed by atoms with Gasteiger partial charge in [0.05, 0.1) is 7.11 Å². The van der Waals surface area contributed by atoms with Crippen LogP contribution >= 0.6 is 0 Å². The first-order valence-corrected chi connectivity index (χ1v) is 9.06. The Bertz CT molecular complexity index is 967. The van der Waals surface area contributed by atoms with E-state index in [1.54, 1.807) is 31.6 Å². The molecule has 0 radical (unpaired) electrons. The number of pyridine rings is 2. The van der Waals surface area contributed by atoms with Crippen molar-refractivity contribution < 1.29 is 9.53 Å². The summed E-state index contributed by atoms with van der Waals surface area (Å²) in [6.07, 6.45) is 3.30. The van der Waals surface area contributed by atoms with Crippen LogP contribution in [0.1, 0.15) is 15.9 Å². The Morgan fingerprint density at radius 2 is 1.81 bits per heavy atom. The summed E-state index contributed by atoms with van der Waals surface area (Å²) in [5.74, 6) is 1.77. The van der Waals surface area contributed by atoms with E-state index in [1.165, 1.54) is 5.56 Å². The predicted octanol–water partition coefficient (Wildman–Crippen LogP) is 2.91. The monoisotopic (exact) mass is 362 g/mol. The number of carbonyl (C=O) groups is 1. The zero-order chi connectivity index (χ0) is 18.8. The van der Waals surface area contributed by atoms with Crippen LogP contribution in [-0.4, -0.2) is 54.1 Å². The number of aryl methyl sites for hydroxylation is 1. The molecule has 0 saturated carbocycles. The number of methoxy groups -OCH3 is 1. The molecule has 138 valence electrons. The molecule has 0 N–H and O–H groups in total. The molecule has 0 bridgehead atoms. The largest absolute Gasteiger partial charge is 0.494 e. The topological polar surface area (TPSA) is 58.6 Å². The van der Waals surface area contributed by atoms with Crippen molar-refractivity contribution >= 4 is 22.6 Å². The van der Waals surface area contributed by atoms with Crippen molar-refractivity contribution in [3.8, 4) is 5.75 Å². The Morgan fingerprint density at radius 3 is 2.52 bits per heavy atom. The molecule has 1 saturated heterocycles. The van der Waals surface area contributed by atoms with Crippen LogP contribution < -0.4 is 9.64 Å². The number of anilines is 1. The van der Waals surface area contributed by atoms with Gasteiger partial charge in [-0.05, 0) is 36.8 Å². The van der Waals surface area contributed by atoms with Crippen molar-refractivity contribution in [2.75, 3.05) is 38.2 Å². The zero-order valence-corrected chi connectivity index (χ0v) is 15.6. The number of carbonyl (C=O) groups excluding carboxylic acids is 1. The van der Waals surface area contributed by atoms with E-state index < -0.39 is 0 Å². The van der Waals surface area contributed by atoms with Gasteiger partial charge in [-0.1, -0.05) is 12.1 Å². The number of benzene rings is 1. The molecule has 3 aromatic rings. The number of hydrogen-bond donors (Lipinski definition) is 0. The molecule has 6 nitrogen and oxygen atoms in total. The number of amides is 1. The van der Waals surface area contributed by atoms with Gasteiger partial charge < -0.3 is 14.5 Å². The van der Waals surface area contributed by atoms with Gasteiger partial charge in [0.15, 0.2) is 0 Å². The van der Waals surface area contributed by atoms with Crippen molar-refractivity contribution in [3.05, 3.63) is 59.9 Å². The predicted molar refractivity (Wildman–Crippen MR) is 105 cm³/mol. The second-order valence-corrected chi connectivity index (χ2v) is 6.67. The Morgan fingerprint density at radius 1 is 1.07 bits per heavy atom. The Hall–Kier alpha value is -3.15. The number of ether oxygens (including phenoxy) is 1. The number of aromatic nitrogens is 2. The van der Waals surface area contributed by atoms with Gasteiger partial charge in [-0.15, -0.1) is 0 Å². The maximum atomic E-state index is 12.6. The van der Waals surface area contributed by atoms with Crippen LogP contribution in [0.5, 0.6) is 5.75 Å². The molecule has 1 aliphatic rings. The van der Waals surface area contributed by atoms with Gasteiger partial charge in [-0.2, -0.15) is 0 Å². The summed E-state index contributed by atoms with van der Waals surface area (Å²) in [4.78, 5) is 25.5. The molecule has 3 heterocycles. The fourth-order valence-electron chi connectivity index (χ4n) is 3.52. The molecule has 1 amide bonds. The normalized spacial score (nSPS) is 14.4. The van der Waals surface area contributed by atoms with Gasteiger partial charge in [0.2, 0.25) is 0 Å². The number of nitrogens with zero attached hydrogens (tertiary/aromatic N) is 4. The molecule has 0 unspecified atom stereocenters. The highest BCUT2D eigenvalue weighted by Crippen LogP contribution is 2.29. The van der Waals surface area contributed by atoms with Crippen LogP contribution in [0.4, 0.5) is 5.82 Å². The van der Waals surface area contributed by atoms with Crippen LogP contribution in [0.25, 0.3) is 10.9 Å². The maximum absolute atomic E-state index is 12.6. The van der Waals surface area contributed by atoms with Crippen molar-refractivity contribution in [2.45, 2.75) is 6.92 Å². The number of fused-ring (bicyclic) bond motifs is 1. The average Bonchev–Trinajstić information content (AvgIpc) is 2.73. The van der Waals surface area contributed by atoms with Gasteiger partial charge in [-0.25, -0.2) is 4.98 Å². The van der Waals surface area contributed by atoms with E-state index >= 15 is 0 Å². The van der Waals surface area contributed by atoms with Gasteiger partial charge in [-0.3, -0.25) is 9.78 Å². The van der Waals surface area contributed by atoms with Crippen LogP contribution in [0.3, 0.4) is 0 Å². The number of hydrogen-bond acceptors (Lipinski definition) is 5. The molecule has 6 heteroatoms. The van der Waals surface area contributed by atoms with Gasteiger partial charge in [0.1, 0.15) is 17.1 Å². The molecule has 0 atom stereocenters. The molecule has 1 fully saturated rings. The van der Waals surface area contributed by atoms with Crippen molar-refractivity contribution in [1.82, 2.24) is 14.9 Å². The fourth-order valence-corrected chi connectivity index (χ4v) is 3.52. The SMILES string of the molecule is COc1cccc2c(C)cc(N3CCN(C(=O)c4ccncc4)CC3)nc12. The lowest BCUT2D eigenvalue weighted by molar-refractivity contribution is 0.0746. The Labute approximate surface area is 158 Å². The van der Waals surface area contributed by atoms with Crippen LogP contribution in [-0.2, 0) is 0 Å². The van der Waals surface area contributed by atoms with E-state index in [0.29, 0.717) is 18.7 Å². The minimum atomic E-state index is 0.0568. The van der Waals surface area contributed by atoms with Crippen molar-refractivity contribution in [3.63, 3.8) is 0 Å². The van der Waals surface area contributed by atoms with Gasteiger partial charge in [0.25, 0.3) is 5.91 Å². The van der Waals surface area contributed by atoms with E-state index in [9.17, 15) is 4.79 Å². The first-order chi connectivity index (χ1) is 13.2. The molecule has 4 rings (SSSR count). The third kappa shape index (κ3) is 3.30. The zero-order valence-electron chi connectivity index (χ0n) is 15.6. The first kappa shape index (κ1) is 17.3. The highest BCUT2D eigenvalue weighted by Gasteiger charge is 2.23. The number of rotatable bonds is 3. The van der Waals surface area contributed by atoms with Crippen molar-refractivity contribution in [2.24, 2.45) is 0 Å². The second kappa shape index (κ2) is 7.23. The molecular weight excluding hydrogens is 340 g/mol. The maximum Gasteiger partial charge on any atom is 0.254 e. The Kier molecular flexibility index (Phi) is 4.62. The lowest BCUT2D eigenvalue weighted by Gasteiger charge is -2.35. The lowest BCUT2D eigenvalue weighted by atomic mass is 10.1. The molecule has 27 heavy (non-hydrogen) atoms. The van der Waals surface area contributed by atoms with Crippen LogP contribution in [0.15, 0.2) is 48.8 Å². The van der Waals surface area contributed by atoms with E-state index in [0.717, 1.165) is 35.6 Å². The summed E-state index contributed by atoms with van der Waals surface area (Å²) in [5.41, 5.74) is 2.73. The molecule has 1 aromatic carbocycles. The summed E-state index contributed by atoms with van der Waals surface area (Å²) in [5, 5.41) is 1.10. The molecule has 0 aliphatic carbocycles. The lowest BCUT2D eigenvalue weighted by Crippen LogP contribution is -2.49. The van der Waals surface area contributed by atoms with Gasteiger partial charge >= 0.3 is 0 Å².